The molecule has 1 fully saturated rings. The van der Waals surface area contributed by atoms with Crippen LogP contribution in [0.1, 0.15) is 48.9 Å². The Morgan fingerprint density at radius 3 is 2.43 bits per heavy atom. The van der Waals surface area contributed by atoms with Crippen molar-refractivity contribution < 1.29 is 5.11 Å². The van der Waals surface area contributed by atoms with E-state index in [2.05, 4.69) is 12.1 Å². The second kappa shape index (κ2) is 9.29. The van der Waals surface area contributed by atoms with Crippen LogP contribution in [0.3, 0.4) is 0 Å². The van der Waals surface area contributed by atoms with Crippen molar-refractivity contribution in [3.05, 3.63) is 81.8 Å². The van der Waals surface area contributed by atoms with Crippen molar-refractivity contribution in [1.29, 1.82) is 0 Å². The third kappa shape index (κ3) is 4.48. The highest BCUT2D eigenvalue weighted by molar-refractivity contribution is 5.64. The lowest BCUT2D eigenvalue weighted by Gasteiger charge is -2.23. The van der Waals surface area contributed by atoms with Crippen LogP contribution < -0.4 is 5.56 Å². The van der Waals surface area contributed by atoms with Crippen LogP contribution in [0, 0.1) is 12.8 Å². The van der Waals surface area contributed by atoms with Gasteiger partial charge in [-0.3, -0.25) is 9.36 Å². The van der Waals surface area contributed by atoms with E-state index in [0.717, 1.165) is 24.1 Å². The quantitative estimate of drug-likeness (QED) is 0.609. The lowest BCUT2D eigenvalue weighted by atomic mass is 9.85. The Morgan fingerprint density at radius 2 is 1.70 bits per heavy atom. The first-order chi connectivity index (χ1) is 14.6. The molecule has 2 aromatic carbocycles. The van der Waals surface area contributed by atoms with Crippen molar-refractivity contribution in [3.63, 3.8) is 0 Å². The molecule has 0 atom stereocenters. The van der Waals surface area contributed by atoms with Crippen molar-refractivity contribution in [3.8, 4) is 17.1 Å². The molecule has 0 bridgehead atoms. The molecule has 0 unspecified atom stereocenters. The average molecular weight is 403 g/mol. The molecule has 1 aliphatic rings. The van der Waals surface area contributed by atoms with E-state index in [1.165, 1.54) is 37.7 Å². The molecule has 0 saturated heterocycles. The minimum Gasteiger partial charge on any atom is -0.507 e. The van der Waals surface area contributed by atoms with Crippen LogP contribution in [0.5, 0.6) is 5.75 Å². The van der Waals surface area contributed by atoms with Crippen LogP contribution in [-0.4, -0.2) is 14.7 Å². The van der Waals surface area contributed by atoms with Gasteiger partial charge in [0, 0.05) is 17.8 Å². The van der Waals surface area contributed by atoms with Crippen LogP contribution >= 0.6 is 0 Å². The molecule has 3 aromatic rings. The van der Waals surface area contributed by atoms with E-state index in [4.69, 9.17) is 4.98 Å². The van der Waals surface area contributed by atoms with E-state index in [1.807, 2.05) is 37.3 Å². The molecular formula is C26H30N2O2. The highest BCUT2D eigenvalue weighted by Gasteiger charge is 2.21. The summed E-state index contributed by atoms with van der Waals surface area (Å²) in [6.07, 6.45) is 7.78. The number of phenols is 1. The summed E-state index contributed by atoms with van der Waals surface area (Å²) in [7, 11) is 0. The standard InChI is InChI=1S/C26H30N2O2/c1-19-23(18-21-12-6-3-7-13-21)26(30)28(17-16-20-10-4-2-5-11-20)25(27-19)22-14-8-9-15-24(22)29/h2,4-5,8-11,14-15,21,29H,3,6-7,12-13,16-18H2,1H3. The number of nitrogens with zero attached hydrogens (tertiary/aromatic N) is 2. The molecule has 156 valence electrons. The van der Waals surface area contributed by atoms with Crippen molar-refractivity contribution in [2.75, 3.05) is 0 Å². The predicted molar refractivity (Wildman–Crippen MR) is 121 cm³/mol. The number of aryl methyl sites for hydroxylation is 2. The number of rotatable bonds is 6. The normalized spacial score (nSPS) is 14.7. The van der Waals surface area contributed by atoms with Crippen LogP contribution in [0.4, 0.5) is 0 Å². The fourth-order valence-corrected chi connectivity index (χ4v) is 4.58. The highest BCUT2D eigenvalue weighted by atomic mass is 16.3. The Hall–Kier alpha value is -2.88. The predicted octanol–water partition coefficient (Wildman–Crippen LogP) is 5.29. The second-order valence-corrected chi connectivity index (χ2v) is 8.42. The van der Waals surface area contributed by atoms with Crippen LogP contribution in [0.15, 0.2) is 59.4 Å². The van der Waals surface area contributed by atoms with Gasteiger partial charge in [-0.05, 0) is 43.4 Å². The summed E-state index contributed by atoms with van der Waals surface area (Å²) in [5.41, 5.74) is 3.47. The molecule has 1 N–H and O–H groups in total. The molecule has 4 nitrogen and oxygen atoms in total. The lowest BCUT2D eigenvalue weighted by molar-refractivity contribution is 0.354. The van der Waals surface area contributed by atoms with Gasteiger partial charge in [-0.25, -0.2) is 4.98 Å². The Kier molecular flexibility index (Phi) is 6.32. The summed E-state index contributed by atoms with van der Waals surface area (Å²) in [6, 6.07) is 17.3. The molecule has 1 aliphatic carbocycles. The molecule has 1 heterocycles. The number of aromatic hydroxyl groups is 1. The fraction of sp³-hybridized carbons (Fsp3) is 0.385. The smallest absolute Gasteiger partial charge is 0.257 e. The summed E-state index contributed by atoms with van der Waals surface area (Å²) in [4.78, 5) is 18.5. The van der Waals surface area contributed by atoms with E-state index < -0.39 is 0 Å². The Labute approximate surface area is 178 Å². The largest absolute Gasteiger partial charge is 0.507 e. The first kappa shape index (κ1) is 20.4. The van der Waals surface area contributed by atoms with Gasteiger partial charge in [0.15, 0.2) is 0 Å². The molecule has 0 amide bonds. The van der Waals surface area contributed by atoms with Crippen LogP contribution in [0.25, 0.3) is 11.4 Å². The zero-order chi connectivity index (χ0) is 20.9. The SMILES string of the molecule is Cc1nc(-c2ccccc2O)n(CCc2ccccc2)c(=O)c1CC1CCCCC1. The van der Waals surface area contributed by atoms with Gasteiger partial charge in [0.2, 0.25) is 0 Å². The maximum Gasteiger partial charge on any atom is 0.257 e. The van der Waals surface area contributed by atoms with Gasteiger partial charge in [-0.1, -0.05) is 74.6 Å². The van der Waals surface area contributed by atoms with E-state index in [-0.39, 0.29) is 11.3 Å². The molecule has 4 heteroatoms. The molecule has 0 spiro atoms. The summed E-state index contributed by atoms with van der Waals surface area (Å²) < 4.78 is 1.77. The number of hydrogen-bond acceptors (Lipinski definition) is 3. The molecule has 4 rings (SSSR count). The van der Waals surface area contributed by atoms with E-state index in [1.54, 1.807) is 16.7 Å². The first-order valence-electron chi connectivity index (χ1n) is 11.1. The zero-order valence-electron chi connectivity index (χ0n) is 17.7. The molecule has 30 heavy (non-hydrogen) atoms. The van der Waals surface area contributed by atoms with Gasteiger partial charge in [0.25, 0.3) is 5.56 Å². The topological polar surface area (TPSA) is 55.1 Å². The van der Waals surface area contributed by atoms with Gasteiger partial charge in [-0.15, -0.1) is 0 Å². The fourth-order valence-electron chi connectivity index (χ4n) is 4.58. The van der Waals surface area contributed by atoms with Gasteiger partial charge < -0.3 is 5.11 Å². The van der Waals surface area contributed by atoms with Crippen molar-refractivity contribution in [1.82, 2.24) is 9.55 Å². The van der Waals surface area contributed by atoms with Crippen molar-refractivity contribution in [2.45, 2.75) is 58.4 Å². The molecule has 1 aromatic heterocycles. The summed E-state index contributed by atoms with van der Waals surface area (Å²) in [5.74, 6) is 1.28. The lowest BCUT2D eigenvalue weighted by Crippen LogP contribution is -2.30. The maximum absolute atomic E-state index is 13.6. The Morgan fingerprint density at radius 1 is 1.00 bits per heavy atom. The van der Waals surface area contributed by atoms with Gasteiger partial charge >= 0.3 is 0 Å². The van der Waals surface area contributed by atoms with Gasteiger partial charge in [0.1, 0.15) is 11.6 Å². The number of phenolic OH excluding ortho intramolecular Hbond substituents is 1. The summed E-state index contributed by atoms with van der Waals surface area (Å²) >= 11 is 0. The molecule has 0 radical (unpaired) electrons. The monoisotopic (exact) mass is 402 g/mol. The minimum absolute atomic E-state index is 0.0438. The van der Waals surface area contributed by atoms with E-state index in [9.17, 15) is 9.90 Å². The molecular weight excluding hydrogens is 372 g/mol. The van der Waals surface area contributed by atoms with Crippen molar-refractivity contribution in [2.24, 2.45) is 5.92 Å². The second-order valence-electron chi connectivity index (χ2n) is 8.42. The highest BCUT2D eigenvalue weighted by Crippen LogP contribution is 2.29. The Bertz CT molecular complexity index is 1050. The average Bonchev–Trinajstić information content (AvgIpc) is 2.77. The molecule has 0 aliphatic heterocycles. The van der Waals surface area contributed by atoms with Crippen LogP contribution in [0.2, 0.25) is 0 Å². The number of hydrogen-bond donors (Lipinski definition) is 1. The summed E-state index contributed by atoms with van der Waals surface area (Å²) in [6.45, 7) is 2.47. The summed E-state index contributed by atoms with van der Waals surface area (Å²) in [5, 5.41) is 10.4. The number of benzene rings is 2. The minimum atomic E-state index is 0.0438. The Balaban J connectivity index is 1.75. The van der Waals surface area contributed by atoms with E-state index >= 15 is 0 Å². The zero-order valence-corrected chi connectivity index (χ0v) is 17.7. The van der Waals surface area contributed by atoms with Gasteiger partial charge in [-0.2, -0.15) is 0 Å². The number of aromatic nitrogens is 2. The third-order valence-electron chi connectivity index (χ3n) is 6.30. The van der Waals surface area contributed by atoms with Crippen LogP contribution in [-0.2, 0) is 19.4 Å². The third-order valence-corrected chi connectivity index (χ3v) is 6.30. The first-order valence-corrected chi connectivity index (χ1v) is 11.1. The van der Waals surface area contributed by atoms with E-state index in [0.29, 0.717) is 23.9 Å². The maximum atomic E-state index is 13.6. The van der Waals surface area contributed by atoms with Crippen molar-refractivity contribution >= 4 is 0 Å². The molecule has 1 saturated carbocycles. The van der Waals surface area contributed by atoms with Gasteiger partial charge in [0.05, 0.1) is 5.56 Å². The number of para-hydroxylation sites is 1.